The molecule has 0 spiro atoms. The lowest BCUT2D eigenvalue weighted by atomic mass is 9.90. The zero-order valence-corrected chi connectivity index (χ0v) is 9.75. The molecule has 0 aliphatic rings. The van der Waals surface area contributed by atoms with Gasteiger partial charge in [0.05, 0.1) is 11.4 Å². The van der Waals surface area contributed by atoms with Crippen molar-refractivity contribution < 1.29 is 0 Å². The largest absolute Gasteiger partial charge is 0.222 e. The molecule has 0 atom stereocenters. The summed E-state index contributed by atoms with van der Waals surface area (Å²) in [6.45, 7) is 6.48. The molecule has 0 fully saturated rings. The summed E-state index contributed by atoms with van der Waals surface area (Å²) in [7, 11) is 0. The fourth-order valence-electron chi connectivity index (χ4n) is 1.86. The van der Waals surface area contributed by atoms with Gasteiger partial charge in [-0.15, -0.1) is 16.7 Å². The third kappa shape index (κ3) is 1.75. The van der Waals surface area contributed by atoms with Crippen LogP contribution in [0.2, 0.25) is 0 Å². The van der Waals surface area contributed by atoms with E-state index in [4.69, 9.17) is 11.6 Å². The van der Waals surface area contributed by atoms with Crippen molar-refractivity contribution >= 4 is 11.6 Å². The molecule has 80 valence electrons. The maximum Gasteiger partial charge on any atom is 0.166 e. The Kier molecular flexibility index (Phi) is 3.86. The Morgan fingerprint density at radius 2 is 1.79 bits per heavy atom. The minimum atomic E-state index is 0.0354. The number of hydrogen-bond donors (Lipinski definition) is 0. The van der Waals surface area contributed by atoms with Gasteiger partial charge in [0.15, 0.2) is 5.82 Å². The van der Waals surface area contributed by atoms with Gasteiger partial charge in [0, 0.05) is 0 Å². The molecular weight excluding hydrogens is 200 g/mol. The van der Waals surface area contributed by atoms with Crippen molar-refractivity contribution in [2.45, 2.75) is 51.5 Å². The van der Waals surface area contributed by atoms with Gasteiger partial charge in [-0.1, -0.05) is 20.8 Å². The molecule has 14 heavy (non-hydrogen) atoms. The Morgan fingerprint density at radius 3 is 2.21 bits per heavy atom. The number of alkyl halides is 1. The van der Waals surface area contributed by atoms with Crippen LogP contribution in [-0.2, 0) is 11.4 Å². The Labute approximate surface area is 89.6 Å². The molecule has 1 rings (SSSR count). The molecule has 0 radical (unpaired) electrons. The standard InChI is InChI=1S/C9H17ClN4/c1-4-9(5-2,6-3)14-8(7-10)11-12-13-14/h4-7H2,1-3H3. The number of tetrazole rings is 1. The van der Waals surface area contributed by atoms with Gasteiger partial charge in [0.2, 0.25) is 0 Å². The van der Waals surface area contributed by atoms with Crippen LogP contribution in [0.3, 0.4) is 0 Å². The van der Waals surface area contributed by atoms with E-state index in [0.717, 1.165) is 25.1 Å². The molecule has 1 aromatic heterocycles. The first-order valence-corrected chi connectivity index (χ1v) is 5.61. The number of hydrogen-bond acceptors (Lipinski definition) is 3. The van der Waals surface area contributed by atoms with Crippen LogP contribution in [0, 0.1) is 0 Å². The summed E-state index contributed by atoms with van der Waals surface area (Å²) in [5.74, 6) is 1.13. The van der Waals surface area contributed by atoms with E-state index in [1.807, 2.05) is 4.68 Å². The van der Waals surface area contributed by atoms with Crippen molar-refractivity contribution in [2.75, 3.05) is 0 Å². The van der Waals surface area contributed by atoms with E-state index >= 15 is 0 Å². The topological polar surface area (TPSA) is 43.6 Å². The second-order valence-electron chi connectivity index (χ2n) is 3.43. The van der Waals surface area contributed by atoms with Gasteiger partial charge in [0.1, 0.15) is 0 Å². The minimum absolute atomic E-state index is 0.0354. The van der Waals surface area contributed by atoms with Gasteiger partial charge in [0.25, 0.3) is 0 Å². The van der Waals surface area contributed by atoms with Crippen LogP contribution in [0.1, 0.15) is 45.9 Å². The molecule has 4 nitrogen and oxygen atoms in total. The molecule has 0 unspecified atom stereocenters. The highest BCUT2D eigenvalue weighted by Crippen LogP contribution is 2.28. The Balaban J connectivity index is 3.09. The molecule has 0 aliphatic carbocycles. The van der Waals surface area contributed by atoms with Crippen molar-refractivity contribution in [2.24, 2.45) is 0 Å². The lowest BCUT2D eigenvalue weighted by Gasteiger charge is -2.30. The SMILES string of the molecule is CCC(CC)(CC)n1nnnc1CCl. The molecule has 5 heteroatoms. The summed E-state index contributed by atoms with van der Waals surface area (Å²) >= 11 is 5.79. The first-order valence-electron chi connectivity index (χ1n) is 5.07. The number of aromatic nitrogens is 4. The van der Waals surface area contributed by atoms with Gasteiger partial charge < -0.3 is 0 Å². The van der Waals surface area contributed by atoms with E-state index in [-0.39, 0.29) is 5.54 Å². The summed E-state index contributed by atoms with van der Waals surface area (Å²) in [4.78, 5) is 0. The van der Waals surface area contributed by atoms with Crippen molar-refractivity contribution in [3.8, 4) is 0 Å². The normalized spacial score (nSPS) is 12.0. The summed E-state index contributed by atoms with van der Waals surface area (Å²) in [5, 5.41) is 11.6. The number of halogens is 1. The van der Waals surface area contributed by atoms with Crippen LogP contribution in [0.25, 0.3) is 0 Å². The second kappa shape index (κ2) is 4.73. The average molecular weight is 217 g/mol. The maximum absolute atomic E-state index is 5.79. The quantitative estimate of drug-likeness (QED) is 0.710. The van der Waals surface area contributed by atoms with Crippen molar-refractivity contribution in [3.05, 3.63) is 5.82 Å². The van der Waals surface area contributed by atoms with Gasteiger partial charge in [-0.05, 0) is 29.7 Å². The van der Waals surface area contributed by atoms with E-state index in [1.165, 1.54) is 0 Å². The molecule has 0 aliphatic heterocycles. The van der Waals surface area contributed by atoms with Gasteiger partial charge in [-0.25, -0.2) is 4.68 Å². The molecular formula is C9H17ClN4. The van der Waals surface area contributed by atoms with E-state index in [2.05, 4.69) is 36.3 Å². The van der Waals surface area contributed by atoms with Crippen LogP contribution in [0.15, 0.2) is 0 Å². The third-order valence-electron chi connectivity index (χ3n) is 3.08. The fraction of sp³-hybridized carbons (Fsp3) is 0.889. The van der Waals surface area contributed by atoms with Crippen LogP contribution in [-0.4, -0.2) is 20.2 Å². The fourth-order valence-corrected chi connectivity index (χ4v) is 2.02. The summed E-state index contributed by atoms with van der Waals surface area (Å²) in [6, 6.07) is 0. The molecule has 0 aromatic carbocycles. The molecule has 1 aromatic rings. The second-order valence-corrected chi connectivity index (χ2v) is 3.69. The zero-order chi connectivity index (χ0) is 10.6. The van der Waals surface area contributed by atoms with Gasteiger partial charge in [-0.3, -0.25) is 0 Å². The number of rotatable bonds is 5. The lowest BCUT2D eigenvalue weighted by Crippen LogP contribution is -2.34. The van der Waals surface area contributed by atoms with Crippen LogP contribution < -0.4 is 0 Å². The van der Waals surface area contributed by atoms with Gasteiger partial charge in [-0.2, -0.15) is 0 Å². The van der Waals surface area contributed by atoms with Crippen LogP contribution in [0.4, 0.5) is 0 Å². The highest BCUT2D eigenvalue weighted by Gasteiger charge is 2.29. The smallest absolute Gasteiger partial charge is 0.166 e. The molecule has 0 amide bonds. The molecule has 0 bridgehead atoms. The highest BCUT2D eigenvalue weighted by atomic mass is 35.5. The van der Waals surface area contributed by atoms with E-state index in [9.17, 15) is 0 Å². The van der Waals surface area contributed by atoms with Crippen LogP contribution >= 0.6 is 11.6 Å². The van der Waals surface area contributed by atoms with Gasteiger partial charge >= 0.3 is 0 Å². The third-order valence-corrected chi connectivity index (χ3v) is 3.32. The van der Waals surface area contributed by atoms with E-state index < -0.39 is 0 Å². The molecule has 0 N–H and O–H groups in total. The van der Waals surface area contributed by atoms with E-state index in [1.54, 1.807) is 0 Å². The lowest BCUT2D eigenvalue weighted by molar-refractivity contribution is 0.215. The average Bonchev–Trinajstić information content (AvgIpc) is 2.70. The number of nitrogens with zero attached hydrogens (tertiary/aromatic N) is 4. The molecule has 1 heterocycles. The van der Waals surface area contributed by atoms with Crippen molar-refractivity contribution in [1.82, 2.24) is 20.2 Å². The van der Waals surface area contributed by atoms with Crippen molar-refractivity contribution in [3.63, 3.8) is 0 Å². The minimum Gasteiger partial charge on any atom is -0.222 e. The van der Waals surface area contributed by atoms with Crippen molar-refractivity contribution in [1.29, 1.82) is 0 Å². The first-order chi connectivity index (χ1) is 6.74. The van der Waals surface area contributed by atoms with E-state index in [0.29, 0.717) is 5.88 Å². The Hall–Kier alpha value is -0.640. The molecule has 0 saturated carbocycles. The molecule has 0 saturated heterocycles. The predicted molar refractivity (Wildman–Crippen MR) is 56.2 cm³/mol. The Morgan fingerprint density at radius 1 is 1.21 bits per heavy atom. The zero-order valence-electron chi connectivity index (χ0n) is 9.00. The first kappa shape index (κ1) is 11.4. The summed E-state index contributed by atoms with van der Waals surface area (Å²) in [6.07, 6.45) is 3.07. The monoisotopic (exact) mass is 216 g/mol. The summed E-state index contributed by atoms with van der Waals surface area (Å²) in [5.41, 5.74) is 0.0354. The summed E-state index contributed by atoms with van der Waals surface area (Å²) < 4.78 is 1.89. The van der Waals surface area contributed by atoms with Crippen LogP contribution in [0.5, 0.6) is 0 Å². The highest BCUT2D eigenvalue weighted by molar-refractivity contribution is 6.16. The Bertz CT molecular complexity index is 272. The maximum atomic E-state index is 5.79. The predicted octanol–water partition coefficient (Wildman–Crippen LogP) is 2.34.